The van der Waals surface area contributed by atoms with E-state index in [0.29, 0.717) is 12.8 Å². The predicted octanol–water partition coefficient (Wildman–Crippen LogP) is 2.51. The normalized spacial score (nSPS) is 15.9. The van der Waals surface area contributed by atoms with Crippen LogP contribution in [0.1, 0.15) is 51.2 Å². The van der Waals surface area contributed by atoms with Gasteiger partial charge in [-0.05, 0) is 6.42 Å². The lowest BCUT2D eigenvalue weighted by Gasteiger charge is -2.16. The van der Waals surface area contributed by atoms with Gasteiger partial charge in [0.05, 0.1) is 22.9 Å². The summed E-state index contributed by atoms with van der Waals surface area (Å²) in [5, 5.41) is 22.4. The number of hydrogen-bond acceptors (Lipinski definition) is 4. The molecule has 0 saturated heterocycles. The van der Waals surface area contributed by atoms with Crippen LogP contribution < -0.4 is 0 Å². The van der Waals surface area contributed by atoms with Crippen molar-refractivity contribution < 1.29 is 10.2 Å². The zero-order valence-corrected chi connectivity index (χ0v) is 11.9. The van der Waals surface area contributed by atoms with Crippen molar-refractivity contribution >= 4 is 11.3 Å². The second-order valence-corrected chi connectivity index (χ2v) is 6.45. The Balaban J connectivity index is 2.60. The smallest absolute Gasteiger partial charge is 0.0955 e. The van der Waals surface area contributed by atoms with Crippen LogP contribution in [0.2, 0.25) is 0 Å². The number of aromatic nitrogens is 1. The van der Waals surface area contributed by atoms with Crippen molar-refractivity contribution in [2.24, 2.45) is 0 Å². The minimum atomic E-state index is -0.700. The molecule has 1 aromatic rings. The molecular formula is C13H23NO2S. The van der Waals surface area contributed by atoms with E-state index < -0.39 is 12.2 Å². The van der Waals surface area contributed by atoms with Gasteiger partial charge in [-0.3, -0.25) is 0 Å². The van der Waals surface area contributed by atoms with Crippen LogP contribution in [0.3, 0.4) is 0 Å². The summed E-state index contributed by atoms with van der Waals surface area (Å²) in [5.41, 5.74) is 1.09. The van der Waals surface area contributed by atoms with Gasteiger partial charge in [-0.2, -0.15) is 0 Å². The summed E-state index contributed by atoms with van der Waals surface area (Å²) in [6.07, 6.45) is 0.625. The molecule has 0 radical (unpaired) electrons. The maximum absolute atomic E-state index is 9.83. The summed E-state index contributed by atoms with van der Waals surface area (Å²) in [7, 11) is 0. The van der Waals surface area contributed by atoms with Gasteiger partial charge >= 0.3 is 0 Å². The monoisotopic (exact) mass is 257 g/mol. The third-order valence-electron chi connectivity index (χ3n) is 2.73. The van der Waals surface area contributed by atoms with Crippen molar-refractivity contribution in [2.45, 2.75) is 64.6 Å². The van der Waals surface area contributed by atoms with Crippen LogP contribution in [0, 0.1) is 0 Å². The average molecular weight is 257 g/mol. The molecule has 0 aromatic carbocycles. The highest BCUT2D eigenvalue weighted by atomic mass is 32.1. The molecule has 98 valence electrons. The van der Waals surface area contributed by atoms with Crippen LogP contribution in [0.4, 0.5) is 0 Å². The number of nitrogens with zero attached hydrogens (tertiary/aromatic N) is 1. The molecule has 1 heterocycles. The Kier molecular flexibility index (Phi) is 5.10. The number of rotatable bonds is 5. The van der Waals surface area contributed by atoms with Crippen LogP contribution in [0.25, 0.3) is 0 Å². The van der Waals surface area contributed by atoms with Gasteiger partial charge in [-0.15, -0.1) is 11.3 Å². The van der Waals surface area contributed by atoms with Gasteiger partial charge in [0.15, 0.2) is 0 Å². The molecule has 0 bridgehead atoms. The van der Waals surface area contributed by atoms with E-state index in [1.54, 1.807) is 11.3 Å². The van der Waals surface area contributed by atoms with Crippen molar-refractivity contribution in [3.63, 3.8) is 0 Å². The van der Waals surface area contributed by atoms with Gasteiger partial charge in [0, 0.05) is 17.2 Å². The maximum atomic E-state index is 9.83. The third-order valence-corrected chi connectivity index (χ3v) is 3.60. The molecular weight excluding hydrogens is 234 g/mol. The van der Waals surface area contributed by atoms with E-state index in [4.69, 9.17) is 0 Å². The predicted molar refractivity (Wildman–Crippen MR) is 71.4 cm³/mol. The zero-order chi connectivity index (χ0) is 13.1. The van der Waals surface area contributed by atoms with Crippen LogP contribution in [-0.4, -0.2) is 27.4 Å². The van der Waals surface area contributed by atoms with Crippen LogP contribution in [0.15, 0.2) is 5.38 Å². The summed E-state index contributed by atoms with van der Waals surface area (Å²) < 4.78 is 0. The van der Waals surface area contributed by atoms with E-state index in [1.807, 2.05) is 12.3 Å². The van der Waals surface area contributed by atoms with Crippen LogP contribution >= 0.6 is 11.3 Å². The minimum absolute atomic E-state index is 0.0434. The number of hydrogen-bond donors (Lipinski definition) is 2. The molecule has 0 aliphatic rings. The van der Waals surface area contributed by atoms with Gasteiger partial charge < -0.3 is 10.2 Å². The van der Waals surface area contributed by atoms with Crippen molar-refractivity contribution in [3.05, 3.63) is 16.1 Å². The lowest BCUT2D eigenvalue weighted by Crippen LogP contribution is -2.27. The molecule has 0 aliphatic carbocycles. The first-order chi connectivity index (χ1) is 7.84. The van der Waals surface area contributed by atoms with Crippen molar-refractivity contribution in [1.82, 2.24) is 4.98 Å². The highest BCUT2D eigenvalue weighted by molar-refractivity contribution is 7.09. The molecule has 1 rings (SSSR count). The molecule has 2 N–H and O–H groups in total. The van der Waals surface area contributed by atoms with Crippen LogP contribution in [-0.2, 0) is 11.8 Å². The van der Waals surface area contributed by atoms with E-state index in [-0.39, 0.29) is 5.41 Å². The van der Waals surface area contributed by atoms with Crippen LogP contribution in [0.5, 0.6) is 0 Å². The minimum Gasteiger partial charge on any atom is -0.390 e. The molecule has 4 heteroatoms. The highest BCUT2D eigenvalue weighted by Gasteiger charge is 2.21. The summed E-state index contributed by atoms with van der Waals surface area (Å²) in [6, 6.07) is 0. The fourth-order valence-corrected chi connectivity index (χ4v) is 2.62. The lowest BCUT2D eigenvalue weighted by molar-refractivity contribution is 0.0148. The molecule has 3 nitrogen and oxygen atoms in total. The SMILES string of the molecule is CCCC(O)C(O)Cc1nc(C(C)(C)C)cs1. The molecule has 0 fully saturated rings. The third kappa shape index (κ3) is 4.37. The Morgan fingerprint density at radius 3 is 2.41 bits per heavy atom. The fourth-order valence-electron chi connectivity index (χ4n) is 1.55. The molecule has 2 unspecified atom stereocenters. The molecule has 0 amide bonds. The zero-order valence-electron chi connectivity index (χ0n) is 11.1. The highest BCUT2D eigenvalue weighted by Crippen LogP contribution is 2.24. The quantitative estimate of drug-likeness (QED) is 0.852. The first-order valence-corrected chi connectivity index (χ1v) is 7.03. The van der Waals surface area contributed by atoms with Crippen molar-refractivity contribution in [1.29, 1.82) is 0 Å². The van der Waals surface area contributed by atoms with Crippen molar-refractivity contribution in [3.8, 4) is 0 Å². The molecule has 2 atom stereocenters. The molecule has 0 aliphatic heterocycles. The van der Waals surface area contributed by atoms with Gasteiger partial charge in [-0.25, -0.2) is 4.98 Å². The molecule has 1 aromatic heterocycles. The topological polar surface area (TPSA) is 53.4 Å². The fraction of sp³-hybridized carbons (Fsp3) is 0.769. The number of thiazole rings is 1. The number of aliphatic hydroxyl groups excluding tert-OH is 2. The standard InChI is InChI=1S/C13H23NO2S/c1-5-6-9(15)10(16)7-12-14-11(8-17-12)13(2,3)4/h8-10,15-16H,5-7H2,1-4H3. The largest absolute Gasteiger partial charge is 0.390 e. The Morgan fingerprint density at radius 2 is 1.94 bits per heavy atom. The summed E-state index contributed by atoms with van der Waals surface area (Å²) >= 11 is 1.56. The van der Waals surface area contributed by atoms with Gasteiger partial charge in [-0.1, -0.05) is 34.1 Å². The molecule has 17 heavy (non-hydrogen) atoms. The van der Waals surface area contributed by atoms with Gasteiger partial charge in [0.25, 0.3) is 0 Å². The Hall–Kier alpha value is -0.450. The van der Waals surface area contributed by atoms with E-state index in [2.05, 4.69) is 25.8 Å². The number of aliphatic hydroxyl groups is 2. The van der Waals surface area contributed by atoms with Crippen molar-refractivity contribution in [2.75, 3.05) is 0 Å². The van der Waals surface area contributed by atoms with E-state index in [0.717, 1.165) is 17.1 Å². The van der Waals surface area contributed by atoms with E-state index >= 15 is 0 Å². The Bertz CT molecular complexity index is 343. The lowest BCUT2D eigenvalue weighted by atomic mass is 9.93. The second-order valence-electron chi connectivity index (χ2n) is 5.50. The Morgan fingerprint density at radius 1 is 1.29 bits per heavy atom. The maximum Gasteiger partial charge on any atom is 0.0955 e. The summed E-state index contributed by atoms with van der Waals surface area (Å²) in [6.45, 7) is 8.35. The summed E-state index contributed by atoms with van der Waals surface area (Å²) in [5.74, 6) is 0. The Labute approximate surface area is 108 Å². The van der Waals surface area contributed by atoms with Gasteiger partial charge in [0.1, 0.15) is 0 Å². The molecule has 0 spiro atoms. The van der Waals surface area contributed by atoms with E-state index in [9.17, 15) is 10.2 Å². The first kappa shape index (κ1) is 14.6. The average Bonchev–Trinajstić information content (AvgIpc) is 2.66. The van der Waals surface area contributed by atoms with Gasteiger partial charge in [0.2, 0.25) is 0 Å². The van der Waals surface area contributed by atoms with E-state index in [1.165, 1.54) is 0 Å². The summed E-state index contributed by atoms with van der Waals surface area (Å²) in [4.78, 5) is 4.51. The second kappa shape index (κ2) is 5.94. The first-order valence-electron chi connectivity index (χ1n) is 6.15. The molecule has 0 saturated carbocycles.